The Morgan fingerprint density at radius 1 is 0.667 bits per heavy atom. The molecule has 5 aromatic carbocycles. The monoisotopic (exact) mass is 714 g/mol. The number of fused-ring (bicyclic) bond motifs is 5. The summed E-state index contributed by atoms with van der Waals surface area (Å²) in [5, 5.41) is 4.99. The number of amidine groups is 2. The van der Waals surface area contributed by atoms with Crippen molar-refractivity contribution in [3.05, 3.63) is 220 Å². The first-order chi connectivity index (χ1) is 26.8. The lowest BCUT2D eigenvalue weighted by molar-refractivity contribution is 0.654. The number of allylic oxidation sites excluding steroid dienone is 7. The Bertz CT molecular complexity index is 2520. The number of hydrogen-bond acceptors (Lipinski definition) is 5. The van der Waals surface area contributed by atoms with Gasteiger partial charge in [-0.3, -0.25) is 0 Å². The molecular formula is C49H38N4S. The van der Waals surface area contributed by atoms with Crippen LogP contribution in [0, 0.1) is 5.92 Å². The number of anilines is 2. The second-order valence-electron chi connectivity index (χ2n) is 14.1. The van der Waals surface area contributed by atoms with E-state index >= 15 is 0 Å². The van der Waals surface area contributed by atoms with Crippen molar-refractivity contribution in [3.63, 3.8) is 0 Å². The van der Waals surface area contributed by atoms with Crippen LogP contribution >= 0.6 is 11.3 Å². The van der Waals surface area contributed by atoms with Gasteiger partial charge in [0, 0.05) is 55.5 Å². The third-order valence-corrected chi connectivity index (χ3v) is 12.1. The Hall–Kier alpha value is -6.30. The minimum absolute atomic E-state index is 0.139. The van der Waals surface area contributed by atoms with Crippen molar-refractivity contribution in [1.29, 1.82) is 0 Å². The zero-order chi connectivity index (χ0) is 35.8. The molecule has 6 aromatic rings. The first-order valence-corrected chi connectivity index (χ1v) is 19.5. The van der Waals surface area contributed by atoms with E-state index in [9.17, 15) is 0 Å². The summed E-state index contributed by atoms with van der Waals surface area (Å²) >= 11 is 1.92. The Morgan fingerprint density at radius 2 is 1.33 bits per heavy atom. The fourth-order valence-corrected chi connectivity index (χ4v) is 9.67. The van der Waals surface area contributed by atoms with E-state index in [1.807, 2.05) is 17.4 Å². The number of para-hydroxylation sites is 2. The zero-order valence-corrected chi connectivity index (χ0v) is 30.5. The van der Waals surface area contributed by atoms with E-state index in [2.05, 4.69) is 192 Å². The molecule has 4 nitrogen and oxygen atoms in total. The normalized spacial score (nSPS) is 21.3. The second-order valence-corrected chi connectivity index (χ2v) is 15.2. The van der Waals surface area contributed by atoms with Crippen LogP contribution in [0.4, 0.5) is 11.4 Å². The van der Waals surface area contributed by atoms with Gasteiger partial charge < -0.3 is 10.2 Å². The molecule has 0 radical (unpaired) electrons. The van der Waals surface area contributed by atoms with Crippen LogP contribution in [0.2, 0.25) is 0 Å². The molecule has 1 aromatic heterocycles. The highest BCUT2D eigenvalue weighted by Crippen LogP contribution is 2.51. The number of hydrogen-bond donors (Lipinski definition) is 1. The molecule has 4 unspecified atom stereocenters. The summed E-state index contributed by atoms with van der Waals surface area (Å²) in [7, 11) is 0. The Morgan fingerprint density at radius 3 is 2.02 bits per heavy atom. The van der Waals surface area contributed by atoms with Gasteiger partial charge in [0.1, 0.15) is 12.0 Å². The molecule has 0 saturated carbocycles. The van der Waals surface area contributed by atoms with Crippen LogP contribution in [0.25, 0.3) is 16.2 Å². The topological polar surface area (TPSA) is 40.0 Å². The molecule has 260 valence electrons. The van der Waals surface area contributed by atoms with Crippen molar-refractivity contribution in [2.75, 3.05) is 4.90 Å². The summed E-state index contributed by atoms with van der Waals surface area (Å²) in [5.74, 6) is 2.27. The summed E-state index contributed by atoms with van der Waals surface area (Å²) in [4.78, 5) is 14.2. The number of rotatable bonds is 7. The van der Waals surface area contributed by atoms with E-state index in [0.717, 1.165) is 40.6 Å². The highest BCUT2D eigenvalue weighted by Gasteiger charge is 2.36. The first-order valence-electron chi connectivity index (χ1n) is 18.7. The van der Waals surface area contributed by atoms with Gasteiger partial charge in [-0.1, -0.05) is 152 Å². The van der Waals surface area contributed by atoms with Gasteiger partial charge in [0.25, 0.3) is 0 Å². The van der Waals surface area contributed by atoms with Gasteiger partial charge in [-0.25, -0.2) is 9.98 Å². The van der Waals surface area contributed by atoms with Crippen LogP contribution in [0.5, 0.6) is 0 Å². The maximum atomic E-state index is 5.30. The summed E-state index contributed by atoms with van der Waals surface area (Å²) in [5.41, 5.74) is 9.66. The van der Waals surface area contributed by atoms with E-state index in [1.165, 1.54) is 37.4 Å². The van der Waals surface area contributed by atoms with Crippen molar-refractivity contribution in [3.8, 4) is 0 Å². The Labute approximate surface area is 320 Å². The van der Waals surface area contributed by atoms with Gasteiger partial charge in [-0.15, -0.1) is 11.3 Å². The van der Waals surface area contributed by atoms with Crippen molar-refractivity contribution in [2.24, 2.45) is 15.9 Å². The van der Waals surface area contributed by atoms with Crippen molar-refractivity contribution in [1.82, 2.24) is 5.32 Å². The van der Waals surface area contributed by atoms with Gasteiger partial charge >= 0.3 is 0 Å². The predicted molar refractivity (Wildman–Crippen MR) is 227 cm³/mol. The molecule has 0 bridgehead atoms. The predicted octanol–water partition coefficient (Wildman–Crippen LogP) is 12.0. The number of aliphatic imine (C=N–C) groups is 2. The molecule has 5 heteroatoms. The first kappa shape index (κ1) is 32.4. The molecule has 1 N–H and O–H groups in total. The molecule has 1 aliphatic heterocycles. The largest absolute Gasteiger partial charge is 0.344 e. The molecule has 0 fully saturated rings. The van der Waals surface area contributed by atoms with Gasteiger partial charge in [0.2, 0.25) is 0 Å². The lowest BCUT2D eigenvalue weighted by atomic mass is 9.73. The fraction of sp³-hybridized carbons (Fsp3) is 0.102. The van der Waals surface area contributed by atoms with E-state index in [4.69, 9.17) is 9.98 Å². The number of nitrogens with zero attached hydrogens (tertiary/aromatic N) is 3. The van der Waals surface area contributed by atoms with Crippen molar-refractivity contribution >= 4 is 50.5 Å². The Balaban J connectivity index is 1.04. The molecular weight excluding hydrogens is 677 g/mol. The summed E-state index contributed by atoms with van der Waals surface area (Å²) in [6.45, 7) is 0. The van der Waals surface area contributed by atoms with Crippen molar-refractivity contribution < 1.29 is 0 Å². The third-order valence-electron chi connectivity index (χ3n) is 10.9. The third kappa shape index (κ3) is 5.87. The molecule has 0 saturated heterocycles. The lowest BCUT2D eigenvalue weighted by Gasteiger charge is -2.33. The smallest absolute Gasteiger partial charge is 0.155 e. The van der Waals surface area contributed by atoms with Crippen LogP contribution < -0.4 is 10.2 Å². The van der Waals surface area contributed by atoms with Crippen LogP contribution in [0.15, 0.2) is 203 Å². The van der Waals surface area contributed by atoms with Gasteiger partial charge in [0.15, 0.2) is 5.84 Å². The van der Waals surface area contributed by atoms with Crippen LogP contribution in [0.3, 0.4) is 0 Å². The standard InChI is InChI=1S/C49H38N4S/c1-5-16-34(17-6-1)47-50-48(35-18-7-2-8-19-35)52-49(51-47)43-32-44-45(41-25-14-13-24-40(41)43)42-27-15-26-39(46(42)54-44)33-28-30-38(31-29-33)53(36-20-9-3-10-21-36)37-22-11-4-12-23-37/h1-28,30-33,40-41,47H,29H2,(H,50,51,52). The average molecular weight is 715 g/mol. The number of thiophene rings is 1. The second kappa shape index (κ2) is 13.9. The minimum atomic E-state index is -0.234. The van der Waals surface area contributed by atoms with E-state index in [-0.39, 0.29) is 23.9 Å². The van der Waals surface area contributed by atoms with Gasteiger partial charge in [-0.2, -0.15) is 0 Å². The number of benzene rings is 5. The van der Waals surface area contributed by atoms with Gasteiger partial charge in [-0.05, 0) is 64.9 Å². The summed E-state index contributed by atoms with van der Waals surface area (Å²) in [6.07, 6.45) is 19.3. The summed E-state index contributed by atoms with van der Waals surface area (Å²) < 4.78 is 1.37. The highest BCUT2D eigenvalue weighted by atomic mass is 32.1. The average Bonchev–Trinajstić information content (AvgIpc) is 3.64. The fourth-order valence-electron chi connectivity index (χ4n) is 8.29. The quantitative estimate of drug-likeness (QED) is 0.179. The maximum absolute atomic E-state index is 5.30. The van der Waals surface area contributed by atoms with Crippen molar-refractivity contribution in [2.45, 2.75) is 24.4 Å². The molecule has 3 aliphatic carbocycles. The number of nitrogens with one attached hydrogen (secondary N) is 1. The molecule has 10 rings (SSSR count). The van der Waals surface area contributed by atoms with Crippen LogP contribution in [-0.4, -0.2) is 11.7 Å². The maximum Gasteiger partial charge on any atom is 0.155 e. The summed E-state index contributed by atoms with van der Waals surface area (Å²) in [6, 6.07) is 49.1. The highest BCUT2D eigenvalue weighted by molar-refractivity contribution is 7.20. The van der Waals surface area contributed by atoms with Crippen LogP contribution in [-0.2, 0) is 0 Å². The molecule has 0 spiro atoms. The van der Waals surface area contributed by atoms with E-state index in [1.54, 1.807) is 0 Å². The molecule has 0 amide bonds. The molecule has 54 heavy (non-hydrogen) atoms. The Kier molecular flexibility index (Phi) is 8.34. The minimum Gasteiger partial charge on any atom is -0.344 e. The SMILES string of the molecule is C1=CC2C(C3=NC(c4ccccc4)NC(c4ccccc4)=N3)=Cc3sc4c(C5C=CC(N(c6ccccc6)c6ccccc6)=CC5)cccc4c3C2C=C1. The van der Waals surface area contributed by atoms with E-state index in [0.29, 0.717) is 0 Å². The molecule has 4 aliphatic rings. The lowest BCUT2D eigenvalue weighted by Crippen LogP contribution is -2.35. The van der Waals surface area contributed by atoms with Gasteiger partial charge in [0.05, 0.1) is 0 Å². The molecule has 2 heterocycles. The van der Waals surface area contributed by atoms with E-state index < -0.39 is 0 Å². The van der Waals surface area contributed by atoms with Crippen LogP contribution in [0.1, 0.15) is 51.6 Å². The zero-order valence-electron chi connectivity index (χ0n) is 29.7. The molecule has 4 atom stereocenters.